The molecule has 2 heterocycles. The molecule has 0 bridgehead atoms. The lowest BCUT2D eigenvalue weighted by Gasteiger charge is -2.08. The molecule has 0 spiro atoms. The van der Waals surface area contributed by atoms with E-state index in [2.05, 4.69) is 25.9 Å². The molecule has 7 heteroatoms. The maximum atomic E-state index is 11.4. The van der Waals surface area contributed by atoms with Crippen LogP contribution in [0.5, 0.6) is 0 Å². The topological polar surface area (TPSA) is 92.8 Å². The SMILES string of the molecule is O=C(NCc1nn[nH]n1)[C@@H]1CCCO1. The largest absolute Gasteiger partial charge is 0.368 e. The molecule has 1 aromatic heterocycles. The van der Waals surface area contributed by atoms with Crippen LogP contribution in [0.25, 0.3) is 0 Å². The van der Waals surface area contributed by atoms with Gasteiger partial charge in [-0.1, -0.05) is 5.21 Å². The summed E-state index contributed by atoms with van der Waals surface area (Å²) < 4.78 is 5.21. The summed E-state index contributed by atoms with van der Waals surface area (Å²) in [6.07, 6.45) is 1.43. The van der Waals surface area contributed by atoms with Gasteiger partial charge in [-0.3, -0.25) is 4.79 Å². The van der Waals surface area contributed by atoms with Crippen molar-refractivity contribution >= 4 is 5.91 Å². The zero-order chi connectivity index (χ0) is 9.80. The Morgan fingerprint density at radius 3 is 3.29 bits per heavy atom. The molecule has 0 aromatic carbocycles. The minimum absolute atomic E-state index is 0.104. The average Bonchev–Trinajstić information content (AvgIpc) is 2.87. The van der Waals surface area contributed by atoms with Crippen LogP contribution in [0, 0.1) is 0 Å². The highest BCUT2D eigenvalue weighted by Crippen LogP contribution is 2.11. The van der Waals surface area contributed by atoms with E-state index >= 15 is 0 Å². The van der Waals surface area contributed by atoms with Crippen molar-refractivity contribution < 1.29 is 9.53 Å². The predicted octanol–water partition coefficient (Wildman–Crippen LogP) is -1.01. The Kier molecular flexibility index (Phi) is 2.68. The van der Waals surface area contributed by atoms with E-state index in [1.807, 2.05) is 0 Å². The maximum absolute atomic E-state index is 11.4. The fraction of sp³-hybridized carbons (Fsp3) is 0.714. The van der Waals surface area contributed by atoms with Gasteiger partial charge in [0.1, 0.15) is 6.10 Å². The Hall–Kier alpha value is -1.50. The van der Waals surface area contributed by atoms with E-state index < -0.39 is 0 Å². The van der Waals surface area contributed by atoms with Gasteiger partial charge < -0.3 is 10.1 Å². The van der Waals surface area contributed by atoms with Crippen LogP contribution in [0.2, 0.25) is 0 Å². The van der Waals surface area contributed by atoms with Crippen LogP contribution in [0.1, 0.15) is 18.7 Å². The number of carbonyl (C=O) groups excluding carboxylic acids is 1. The lowest BCUT2D eigenvalue weighted by molar-refractivity contribution is -0.130. The summed E-state index contributed by atoms with van der Waals surface area (Å²) in [5, 5.41) is 15.8. The highest BCUT2D eigenvalue weighted by atomic mass is 16.5. The van der Waals surface area contributed by atoms with Crippen LogP contribution in [0.3, 0.4) is 0 Å². The van der Waals surface area contributed by atoms with Gasteiger partial charge in [0, 0.05) is 6.61 Å². The van der Waals surface area contributed by atoms with Crippen molar-refractivity contribution in [1.82, 2.24) is 25.9 Å². The second kappa shape index (κ2) is 4.14. The number of carbonyl (C=O) groups is 1. The van der Waals surface area contributed by atoms with Crippen LogP contribution >= 0.6 is 0 Å². The number of H-pyrrole nitrogens is 1. The van der Waals surface area contributed by atoms with Gasteiger partial charge in [0.05, 0.1) is 6.54 Å². The Morgan fingerprint density at radius 1 is 1.71 bits per heavy atom. The molecule has 76 valence electrons. The van der Waals surface area contributed by atoms with Crippen molar-refractivity contribution in [2.75, 3.05) is 6.61 Å². The molecular weight excluding hydrogens is 186 g/mol. The highest BCUT2D eigenvalue weighted by Gasteiger charge is 2.23. The molecule has 1 amide bonds. The third kappa shape index (κ3) is 2.05. The molecule has 0 saturated carbocycles. The molecule has 1 saturated heterocycles. The summed E-state index contributed by atoms with van der Waals surface area (Å²) in [5.74, 6) is 0.364. The zero-order valence-electron chi connectivity index (χ0n) is 7.56. The van der Waals surface area contributed by atoms with Gasteiger partial charge in [0.15, 0.2) is 5.82 Å². The van der Waals surface area contributed by atoms with Crippen molar-refractivity contribution in [2.45, 2.75) is 25.5 Å². The van der Waals surface area contributed by atoms with Crippen LogP contribution in [-0.4, -0.2) is 39.2 Å². The van der Waals surface area contributed by atoms with Gasteiger partial charge in [0.25, 0.3) is 0 Å². The molecule has 1 fully saturated rings. The standard InChI is InChI=1S/C7H11N5O2/c13-7(5-2-1-3-14-5)8-4-6-9-11-12-10-6/h5H,1-4H2,(H,8,13)(H,9,10,11,12)/t5-/m0/s1. The minimum Gasteiger partial charge on any atom is -0.368 e. The van der Waals surface area contributed by atoms with Crippen molar-refractivity contribution in [3.05, 3.63) is 5.82 Å². The zero-order valence-corrected chi connectivity index (χ0v) is 7.56. The van der Waals surface area contributed by atoms with E-state index in [9.17, 15) is 4.79 Å². The number of ether oxygens (including phenoxy) is 1. The quantitative estimate of drug-likeness (QED) is 0.648. The molecular formula is C7H11N5O2. The summed E-state index contributed by atoms with van der Waals surface area (Å²) in [5.41, 5.74) is 0. The first-order chi connectivity index (χ1) is 6.86. The molecule has 1 aliphatic rings. The Bertz CT molecular complexity index is 293. The number of aromatic nitrogens is 4. The first kappa shape index (κ1) is 9.07. The summed E-state index contributed by atoms with van der Waals surface area (Å²) in [4.78, 5) is 11.4. The Morgan fingerprint density at radius 2 is 2.64 bits per heavy atom. The monoisotopic (exact) mass is 197 g/mol. The van der Waals surface area contributed by atoms with Gasteiger partial charge in [-0.15, -0.1) is 10.2 Å². The molecule has 2 rings (SSSR count). The number of nitrogens with one attached hydrogen (secondary N) is 2. The number of tetrazole rings is 1. The van der Waals surface area contributed by atoms with Crippen LogP contribution in [0.4, 0.5) is 0 Å². The Labute approximate surface area is 80.2 Å². The molecule has 1 aromatic rings. The van der Waals surface area contributed by atoms with Crippen LogP contribution in [-0.2, 0) is 16.1 Å². The second-order valence-corrected chi connectivity index (χ2v) is 3.05. The molecule has 2 N–H and O–H groups in total. The minimum atomic E-state index is -0.304. The molecule has 14 heavy (non-hydrogen) atoms. The first-order valence-corrected chi connectivity index (χ1v) is 4.48. The number of rotatable bonds is 3. The fourth-order valence-electron chi connectivity index (χ4n) is 1.32. The smallest absolute Gasteiger partial charge is 0.249 e. The second-order valence-electron chi connectivity index (χ2n) is 3.05. The molecule has 1 atom stereocenters. The van der Waals surface area contributed by atoms with Gasteiger partial charge >= 0.3 is 0 Å². The van der Waals surface area contributed by atoms with Crippen molar-refractivity contribution in [1.29, 1.82) is 0 Å². The van der Waals surface area contributed by atoms with Gasteiger partial charge in [-0.05, 0) is 12.8 Å². The predicted molar refractivity (Wildman–Crippen MR) is 45.0 cm³/mol. The van der Waals surface area contributed by atoms with E-state index in [0.29, 0.717) is 12.4 Å². The average molecular weight is 197 g/mol. The molecule has 7 nitrogen and oxygen atoms in total. The van der Waals surface area contributed by atoms with Gasteiger partial charge in [-0.2, -0.15) is 5.21 Å². The third-order valence-electron chi connectivity index (χ3n) is 2.03. The van der Waals surface area contributed by atoms with Crippen molar-refractivity contribution in [3.63, 3.8) is 0 Å². The third-order valence-corrected chi connectivity index (χ3v) is 2.03. The van der Waals surface area contributed by atoms with Gasteiger partial charge in [-0.25, -0.2) is 0 Å². The van der Waals surface area contributed by atoms with Crippen LogP contribution < -0.4 is 5.32 Å². The fourth-order valence-corrected chi connectivity index (χ4v) is 1.32. The lowest BCUT2D eigenvalue weighted by Crippen LogP contribution is -2.33. The maximum Gasteiger partial charge on any atom is 0.249 e. The number of amides is 1. The molecule has 0 radical (unpaired) electrons. The van der Waals surface area contributed by atoms with E-state index in [0.717, 1.165) is 12.8 Å². The van der Waals surface area contributed by atoms with E-state index in [1.54, 1.807) is 0 Å². The normalized spacial score (nSPS) is 21.0. The van der Waals surface area contributed by atoms with Crippen LogP contribution in [0.15, 0.2) is 0 Å². The summed E-state index contributed by atoms with van der Waals surface area (Å²) in [7, 11) is 0. The highest BCUT2D eigenvalue weighted by molar-refractivity contribution is 5.80. The van der Waals surface area contributed by atoms with E-state index in [-0.39, 0.29) is 18.6 Å². The molecule has 0 unspecified atom stereocenters. The van der Waals surface area contributed by atoms with E-state index in [4.69, 9.17) is 4.74 Å². The van der Waals surface area contributed by atoms with Crippen molar-refractivity contribution in [2.24, 2.45) is 0 Å². The number of hydrogen-bond acceptors (Lipinski definition) is 5. The number of hydrogen-bond donors (Lipinski definition) is 2. The van der Waals surface area contributed by atoms with E-state index in [1.165, 1.54) is 0 Å². The van der Waals surface area contributed by atoms with Gasteiger partial charge in [0.2, 0.25) is 5.91 Å². The van der Waals surface area contributed by atoms with Crippen molar-refractivity contribution in [3.8, 4) is 0 Å². The summed E-state index contributed by atoms with van der Waals surface area (Å²) >= 11 is 0. The molecule has 1 aliphatic heterocycles. The number of aromatic amines is 1. The summed E-state index contributed by atoms with van der Waals surface area (Å²) in [6.45, 7) is 0.954. The lowest BCUT2D eigenvalue weighted by atomic mass is 10.2. The Balaban J connectivity index is 1.77. The first-order valence-electron chi connectivity index (χ1n) is 4.48. The molecule has 0 aliphatic carbocycles. The summed E-state index contributed by atoms with van der Waals surface area (Å²) in [6, 6.07) is 0. The number of nitrogens with zero attached hydrogens (tertiary/aromatic N) is 3.